The molecule has 7 heteroatoms. The Hall–Kier alpha value is -1.18. The number of carbonyl (C=O) groups excluding carboxylic acids is 1. The minimum Gasteiger partial charge on any atom is -0.465 e. The Morgan fingerprint density at radius 1 is 1.53 bits per heavy atom. The monoisotopic (exact) mass is 274 g/mol. The van der Waals surface area contributed by atoms with Gasteiger partial charge < -0.3 is 20.1 Å². The number of rotatable bonds is 5. The number of esters is 1. The summed E-state index contributed by atoms with van der Waals surface area (Å²) in [6.45, 7) is 1.18. The predicted molar refractivity (Wildman–Crippen MR) is 71.8 cm³/mol. The quantitative estimate of drug-likeness (QED) is 0.482. The zero-order valence-electron chi connectivity index (χ0n) is 9.61. The Bertz CT molecular complexity index is 393. The molecule has 1 heterocycles. The largest absolute Gasteiger partial charge is 0.465 e. The van der Waals surface area contributed by atoms with Crippen LogP contribution in [0.15, 0.2) is 11.4 Å². The molecule has 0 atom stereocenters. The number of nitrogens with one attached hydrogen (secondary N) is 2. The molecule has 0 bridgehead atoms. The van der Waals surface area contributed by atoms with Crippen molar-refractivity contribution in [1.29, 1.82) is 0 Å². The van der Waals surface area contributed by atoms with E-state index in [9.17, 15) is 4.79 Å². The second-order valence-corrected chi connectivity index (χ2v) is 4.35. The van der Waals surface area contributed by atoms with E-state index in [1.165, 1.54) is 18.4 Å². The summed E-state index contributed by atoms with van der Waals surface area (Å²) in [5.74, 6) is -0.373. The first-order valence-corrected chi connectivity index (χ1v) is 6.17. The number of methoxy groups -OCH3 is 2. The SMILES string of the molecule is COCCNC(=S)Nc1ccsc1C(=O)OC. The van der Waals surface area contributed by atoms with Gasteiger partial charge in [0.25, 0.3) is 0 Å². The first-order chi connectivity index (χ1) is 8.19. The standard InChI is InChI=1S/C10H14N2O3S2/c1-14-5-4-11-10(16)12-7-3-6-17-8(7)9(13)15-2/h3,6H,4-5H2,1-2H3,(H2,11,12,16). The second kappa shape index (κ2) is 7.21. The number of hydrogen-bond acceptors (Lipinski definition) is 5. The molecule has 0 unspecified atom stereocenters. The lowest BCUT2D eigenvalue weighted by Crippen LogP contribution is -2.31. The maximum absolute atomic E-state index is 11.4. The second-order valence-electron chi connectivity index (χ2n) is 3.03. The molecule has 0 saturated carbocycles. The highest BCUT2D eigenvalue weighted by Crippen LogP contribution is 2.22. The van der Waals surface area contributed by atoms with Crippen LogP contribution < -0.4 is 10.6 Å². The lowest BCUT2D eigenvalue weighted by Gasteiger charge is -2.09. The molecule has 0 aliphatic carbocycles. The molecule has 5 nitrogen and oxygen atoms in total. The molecule has 1 aromatic heterocycles. The van der Waals surface area contributed by atoms with Crippen molar-refractivity contribution in [1.82, 2.24) is 5.32 Å². The lowest BCUT2D eigenvalue weighted by atomic mass is 10.4. The van der Waals surface area contributed by atoms with Crippen LogP contribution in [0.25, 0.3) is 0 Å². The van der Waals surface area contributed by atoms with Gasteiger partial charge in [-0.1, -0.05) is 0 Å². The van der Waals surface area contributed by atoms with Crippen molar-refractivity contribution in [2.45, 2.75) is 0 Å². The summed E-state index contributed by atoms with van der Waals surface area (Å²) in [5, 5.41) is 8.14. The zero-order chi connectivity index (χ0) is 12.7. The van der Waals surface area contributed by atoms with E-state index in [1.54, 1.807) is 18.6 Å². The molecule has 0 spiro atoms. The first-order valence-electron chi connectivity index (χ1n) is 4.88. The van der Waals surface area contributed by atoms with E-state index >= 15 is 0 Å². The molecule has 94 valence electrons. The van der Waals surface area contributed by atoms with Gasteiger partial charge in [-0.05, 0) is 23.7 Å². The minimum absolute atomic E-state index is 0.373. The molecular formula is C10H14N2O3S2. The Morgan fingerprint density at radius 2 is 2.29 bits per heavy atom. The molecule has 0 aliphatic heterocycles. The van der Waals surface area contributed by atoms with Gasteiger partial charge >= 0.3 is 5.97 Å². The molecule has 1 aromatic rings. The van der Waals surface area contributed by atoms with E-state index in [-0.39, 0.29) is 5.97 Å². The van der Waals surface area contributed by atoms with E-state index < -0.39 is 0 Å². The van der Waals surface area contributed by atoms with Gasteiger partial charge in [-0.25, -0.2) is 4.79 Å². The summed E-state index contributed by atoms with van der Waals surface area (Å²) in [4.78, 5) is 11.9. The molecule has 0 radical (unpaired) electrons. The third-order valence-corrected chi connectivity index (χ3v) is 3.02. The lowest BCUT2D eigenvalue weighted by molar-refractivity contribution is 0.0607. The van der Waals surface area contributed by atoms with Gasteiger partial charge in [-0.3, -0.25) is 0 Å². The third kappa shape index (κ3) is 4.29. The number of anilines is 1. The van der Waals surface area contributed by atoms with Gasteiger partial charge in [-0.15, -0.1) is 11.3 Å². The highest BCUT2D eigenvalue weighted by Gasteiger charge is 2.13. The molecular weight excluding hydrogens is 260 g/mol. The Kier molecular flexibility index (Phi) is 5.88. The van der Waals surface area contributed by atoms with Gasteiger partial charge in [0.05, 0.1) is 19.4 Å². The van der Waals surface area contributed by atoms with Crippen LogP contribution in [0.1, 0.15) is 9.67 Å². The van der Waals surface area contributed by atoms with Gasteiger partial charge in [0.2, 0.25) is 0 Å². The fraction of sp³-hybridized carbons (Fsp3) is 0.400. The van der Waals surface area contributed by atoms with Crippen molar-refractivity contribution in [3.63, 3.8) is 0 Å². The zero-order valence-corrected chi connectivity index (χ0v) is 11.2. The van der Waals surface area contributed by atoms with Crippen LogP contribution in [0.2, 0.25) is 0 Å². The van der Waals surface area contributed by atoms with Crippen molar-refractivity contribution < 1.29 is 14.3 Å². The number of hydrogen-bond donors (Lipinski definition) is 2. The van der Waals surface area contributed by atoms with Crippen molar-refractivity contribution in [3.8, 4) is 0 Å². The number of thiophene rings is 1. The van der Waals surface area contributed by atoms with Crippen LogP contribution >= 0.6 is 23.6 Å². The van der Waals surface area contributed by atoms with Gasteiger partial charge in [0.15, 0.2) is 5.11 Å². The Balaban J connectivity index is 2.53. The molecule has 0 saturated heterocycles. The third-order valence-electron chi connectivity index (χ3n) is 1.88. The number of ether oxygens (including phenoxy) is 2. The maximum atomic E-state index is 11.4. The smallest absolute Gasteiger partial charge is 0.350 e. The average molecular weight is 274 g/mol. The van der Waals surface area contributed by atoms with Crippen LogP contribution in [0.5, 0.6) is 0 Å². The van der Waals surface area contributed by atoms with Crippen LogP contribution in [-0.2, 0) is 9.47 Å². The summed E-state index contributed by atoms with van der Waals surface area (Å²) in [7, 11) is 2.97. The van der Waals surface area contributed by atoms with Crippen molar-refractivity contribution in [2.24, 2.45) is 0 Å². The van der Waals surface area contributed by atoms with Crippen LogP contribution in [0, 0.1) is 0 Å². The van der Waals surface area contributed by atoms with E-state index in [2.05, 4.69) is 15.4 Å². The molecule has 17 heavy (non-hydrogen) atoms. The van der Waals surface area contributed by atoms with E-state index in [1.807, 2.05) is 0 Å². The first kappa shape index (κ1) is 13.9. The fourth-order valence-electron chi connectivity index (χ4n) is 1.09. The predicted octanol–water partition coefficient (Wildman–Crippen LogP) is 1.47. The van der Waals surface area contributed by atoms with Crippen molar-refractivity contribution >= 4 is 40.3 Å². The van der Waals surface area contributed by atoms with Crippen molar-refractivity contribution in [2.75, 3.05) is 32.7 Å². The van der Waals surface area contributed by atoms with Crippen LogP contribution in [-0.4, -0.2) is 38.5 Å². The van der Waals surface area contributed by atoms with Gasteiger partial charge in [0.1, 0.15) is 4.88 Å². The Morgan fingerprint density at radius 3 is 2.94 bits per heavy atom. The van der Waals surface area contributed by atoms with Gasteiger partial charge in [0, 0.05) is 13.7 Å². The minimum atomic E-state index is -0.373. The van der Waals surface area contributed by atoms with Gasteiger partial charge in [-0.2, -0.15) is 0 Å². The average Bonchev–Trinajstić information content (AvgIpc) is 2.76. The van der Waals surface area contributed by atoms with Crippen molar-refractivity contribution in [3.05, 3.63) is 16.3 Å². The molecule has 0 amide bonds. The van der Waals surface area contributed by atoms with E-state index in [0.29, 0.717) is 28.8 Å². The Labute approximate surface area is 109 Å². The summed E-state index contributed by atoms with van der Waals surface area (Å²) in [6, 6.07) is 1.78. The van der Waals surface area contributed by atoms with E-state index in [0.717, 1.165) is 0 Å². The highest BCUT2D eigenvalue weighted by molar-refractivity contribution is 7.80. The summed E-state index contributed by atoms with van der Waals surface area (Å²) >= 11 is 6.38. The number of carbonyl (C=O) groups is 1. The summed E-state index contributed by atoms with van der Waals surface area (Å²) in [5.41, 5.74) is 0.650. The molecule has 1 rings (SSSR count). The molecule has 0 fully saturated rings. The highest BCUT2D eigenvalue weighted by atomic mass is 32.1. The normalized spacial score (nSPS) is 9.76. The number of thiocarbonyl (C=S) groups is 1. The maximum Gasteiger partial charge on any atom is 0.350 e. The summed E-state index contributed by atoms with van der Waals surface area (Å²) < 4.78 is 9.55. The van der Waals surface area contributed by atoms with E-state index in [4.69, 9.17) is 17.0 Å². The topological polar surface area (TPSA) is 59.6 Å². The molecule has 0 aromatic carbocycles. The van der Waals surface area contributed by atoms with Crippen LogP contribution in [0.3, 0.4) is 0 Å². The summed E-state index contributed by atoms with van der Waals surface area (Å²) in [6.07, 6.45) is 0. The molecule has 2 N–H and O–H groups in total. The molecule has 0 aliphatic rings. The van der Waals surface area contributed by atoms with Crippen LogP contribution in [0.4, 0.5) is 5.69 Å². The fourth-order valence-corrected chi connectivity index (χ4v) is 2.07.